The number of Topliss-reactive ketones (excluding diaryl/α,β-unsaturated/α-hetero) is 1. The number of rotatable bonds is 4. The van der Waals surface area contributed by atoms with Crippen LogP contribution in [0, 0.1) is 5.82 Å². The molecule has 4 rings (SSSR count). The van der Waals surface area contributed by atoms with Gasteiger partial charge in [-0.1, -0.05) is 48.5 Å². The van der Waals surface area contributed by atoms with Gasteiger partial charge in [0.2, 0.25) is 0 Å². The van der Waals surface area contributed by atoms with Crippen molar-refractivity contribution in [3.05, 3.63) is 89.2 Å². The van der Waals surface area contributed by atoms with Gasteiger partial charge in [-0.2, -0.15) is 0 Å². The van der Waals surface area contributed by atoms with Crippen molar-refractivity contribution >= 4 is 5.78 Å². The minimum absolute atomic E-state index is 0.0480. The highest BCUT2D eigenvalue weighted by molar-refractivity contribution is 6.03. The molecule has 0 fully saturated rings. The van der Waals surface area contributed by atoms with Crippen LogP contribution in [0.2, 0.25) is 0 Å². The van der Waals surface area contributed by atoms with E-state index in [0.717, 1.165) is 0 Å². The number of hydrogen-bond donors (Lipinski definition) is 0. The van der Waals surface area contributed by atoms with Gasteiger partial charge in [0.1, 0.15) is 28.6 Å². The highest BCUT2D eigenvalue weighted by Gasteiger charge is 2.46. The maximum absolute atomic E-state index is 14.9. The summed E-state index contributed by atoms with van der Waals surface area (Å²) in [6.45, 7) is 0. The van der Waals surface area contributed by atoms with Crippen LogP contribution in [0.4, 0.5) is 4.39 Å². The van der Waals surface area contributed by atoms with Gasteiger partial charge >= 0.3 is 0 Å². The van der Waals surface area contributed by atoms with Crippen LogP contribution in [0.1, 0.15) is 27.9 Å². The van der Waals surface area contributed by atoms with E-state index in [1.54, 1.807) is 30.3 Å². The van der Waals surface area contributed by atoms with E-state index in [9.17, 15) is 9.18 Å². The number of carbonyl (C=O) groups excluding carboxylic acids is 1. The van der Waals surface area contributed by atoms with Crippen LogP contribution in [0.3, 0.4) is 0 Å². The average Bonchev–Trinajstić information content (AvgIpc) is 2.73. The van der Waals surface area contributed by atoms with E-state index in [2.05, 4.69) is 0 Å². The van der Waals surface area contributed by atoms with Crippen molar-refractivity contribution in [3.8, 4) is 17.2 Å². The second-order valence-corrected chi connectivity index (χ2v) is 6.58. The summed E-state index contributed by atoms with van der Waals surface area (Å²) in [7, 11) is 3.01. The summed E-state index contributed by atoms with van der Waals surface area (Å²) in [5.74, 6) is 0.542. The lowest BCUT2D eigenvalue weighted by atomic mass is 9.78. The molecule has 3 aromatic carbocycles. The highest BCUT2D eigenvalue weighted by atomic mass is 19.1. The quantitative estimate of drug-likeness (QED) is 0.657. The lowest BCUT2D eigenvalue weighted by molar-refractivity contribution is 0.0593. The van der Waals surface area contributed by atoms with Crippen molar-refractivity contribution in [1.82, 2.24) is 0 Å². The zero-order valence-electron chi connectivity index (χ0n) is 15.6. The number of ether oxygens (including phenoxy) is 3. The largest absolute Gasteiger partial charge is 0.496 e. The van der Waals surface area contributed by atoms with Gasteiger partial charge in [0.05, 0.1) is 20.6 Å². The molecule has 1 aliphatic heterocycles. The van der Waals surface area contributed by atoms with E-state index >= 15 is 0 Å². The minimum atomic E-state index is -1.28. The van der Waals surface area contributed by atoms with Gasteiger partial charge in [-0.15, -0.1) is 0 Å². The molecule has 0 N–H and O–H groups in total. The third-order valence-corrected chi connectivity index (χ3v) is 5.02. The fraction of sp³-hybridized carbons (Fsp3) is 0.174. The van der Waals surface area contributed by atoms with Gasteiger partial charge < -0.3 is 14.2 Å². The van der Waals surface area contributed by atoms with Crippen molar-refractivity contribution in [2.24, 2.45) is 0 Å². The third-order valence-electron chi connectivity index (χ3n) is 5.02. The Morgan fingerprint density at radius 1 is 0.964 bits per heavy atom. The molecule has 28 heavy (non-hydrogen) atoms. The molecule has 4 nitrogen and oxygen atoms in total. The fourth-order valence-corrected chi connectivity index (χ4v) is 3.70. The molecule has 1 heterocycles. The number of halogens is 1. The summed E-state index contributed by atoms with van der Waals surface area (Å²) >= 11 is 0. The van der Waals surface area contributed by atoms with E-state index in [-0.39, 0.29) is 12.2 Å². The Kier molecular flexibility index (Phi) is 4.51. The van der Waals surface area contributed by atoms with Crippen LogP contribution in [0.5, 0.6) is 17.2 Å². The van der Waals surface area contributed by atoms with Gasteiger partial charge in [0, 0.05) is 23.3 Å². The van der Waals surface area contributed by atoms with Gasteiger partial charge in [-0.3, -0.25) is 4.79 Å². The molecule has 0 amide bonds. The first-order valence-corrected chi connectivity index (χ1v) is 8.88. The van der Waals surface area contributed by atoms with Gasteiger partial charge in [0.15, 0.2) is 11.4 Å². The summed E-state index contributed by atoms with van der Waals surface area (Å²) in [5, 5.41) is 0. The molecule has 1 atom stereocenters. The van der Waals surface area contributed by atoms with Crippen LogP contribution in [-0.4, -0.2) is 20.0 Å². The fourth-order valence-electron chi connectivity index (χ4n) is 3.70. The van der Waals surface area contributed by atoms with E-state index in [4.69, 9.17) is 14.2 Å². The van der Waals surface area contributed by atoms with Crippen LogP contribution in [0.25, 0.3) is 0 Å². The Bertz CT molecular complexity index is 1030. The number of carbonyl (C=O) groups is 1. The lowest BCUT2D eigenvalue weighted by Gasteiger charge is -2.39. The van der Waals surface area contributed by atoms with E-state index < -0.39 is 11.4 Å². The summed E-state index contributed by atoms with van der Waals surface area (Å²) in [6, 6.07) is 18.9. The Balaban J connectivity index is 1.98. The highest BCUT2D eigenvalue weighted by Crippen LogP contribution is 2.48. The Hall–Kier alpha value is -3.34. The SMILES string of the molecule is COc1cc(OC)c2c(c1)OC(c1ccccc1)(c1ccccc1F)CC2=O. The summed E-state index contributed by atoms with van der Waals surface area (Å²) in [5.41, 5.74) is 0.0581. The van der Waals surface area contributed by atoms with E-state index in [0.29, 0.717) is 33.9 Å². The zero-order valence-corrected chi connectivity index (χ0v) is 15.6. The minimum Gasteiger partial charge on any atom is -0.496 e. The molecule has 0 saturated carbocycles. The molecule has 0 spiro atoms. The van der Waals surface area contributed by atoms with Gasteiger partial charge in [0.25, 0.3) is 0 Å². The van der Waals surface area contributed by atoms with Crippen LogP contribution < -0.4 is 14.2 Å². The first-order chi connectivity index (χ1) is 13.6. The number of benzene rings is 3. The maximum Gasteiger partial charge on any atom is 0.175 e. The molecule has 0 saturated heterocycles. The lowest BCUT2D eigenvalue weighted by Crippen LogP contribution is -2.41. The maximum atomic E-state index is 14.9. The summed E-state index contributed by atoms with van der Waals surface area (Å²) < 4.78 is 32.0. The van der Waals surface area contributed by atoms with Crippen molar-refractivity contribution < 1.29 is 23.4 Å². The molecular formula is C23H19FO4. The predicted octanol–water partition coefficient (Wildman–Crippen LogP) is 4.75. The second-order valence-electron chi connectivity index (χ2n) is 6.58. The monoisotopic (exact) mass is 378 g/mol. The Labute approximate surface area is 162 Å². The molecular weight excluding hydrogens is 359 g/mol. The van der Waals surface area contributed by atoms with E-state index in [1.165, 1.54) is 20.3 Å². The van der Waals surface area contributed by atoms with Crippen LogP contribution in [0.15, 0.2) is 66.7 Å². The molecule has 3 aromatic rings. The molecule has 5 heteroatoms. The zero-order chi connectivity index (χ0) is 19.7. The van der Waals surface area contributed by atoms with Crippen LogP contribution in [-0.2, 0) is 5.60 Å². The van der Waals surface area contributed by atoms with Crippen molar-refractivity contribution in [2.45, 2.75) is 12.0 Å². The smallest absolute Gasteiger partial charge is 0.175 e. The molecule has 1 unspecified atom stereocenters. The first kappa shape index (κ1) is 18.0. The normalized spacial score (nSPS) is 18.2. The topological polar surface area (TPSA) is 44.8 Å². The predicted molar refractivity (Wildman–Crippen MR) is 103 cm³/mol. The average molecular weight is 378 g/mol. The van der Waals surface area contributed by atoms with Gasteiger partial charge in [-0.25, -0.2) is 4.39 Å². The molecule has 1 aliphatic rings. The number of ketones is 1. The summed E-state index contributed by atoms with van der Waals surface area (Å²) in [4.78, 5) is 13.2. The second kappa shape index (κ2) is 7.00. The van der Waals surface area contributed by atoms with E-state index in [1.807, 2.05) is 30.3 Å². The third kappa shape index (κ3) is 2.80. The molecule has 0 bridgehead atoms. The number of fused-ring (bicyclic) bond motifs is 1. The van der Waals surface area contributed by atoms with Crippen molar-refractivity contribution in [1.29, 1.82) is 0 Å². The molecule has 0 aliphatic carbocycles. The molecule has 142 valence electrons. The van der Waals surface area contributed by atoms with Crippen LogP contribution >= 0.6 is 0 Å². The molecule has 0 aromatic heterocycles. The number of methoxy groups -OCH3 is 2. The van der Waals surface area contributed by atoms with Crippen molar-refractivity contribution in [2.75, 3.05) is 14.2 Å². The standard InChI is InChI=1S/C23H19FO4/c1-26-16-12-20(27-2)22-19(25)14-23(28-21(22)13-16,15-8-4-3-5-9-15)17-10-6-7-11-18(17)24/h3-13H,14H2,1-2H3. The first-order valence-electron chi connectivity index (χ1n) is 8.88. The van der Waals surface area contributed by atoms with Crippen molar-refractivity contribution in [3.63, 3.8) is 0 Å². The Morgan fingerprint density at radius 2 is 1.68 bits per heavy atom. The van der Waals surface area contributed by atoms with Gasteiger partial charge in [-0.05, 0) is 6.07 Å². The molecule has 0 radical (unpaired) electrons. The Morgan fingerprint density at radius 3 is 2.36 bits per heavy atom. The summed E-state index contributed by atoms with van der Waals surface area (Å²) in [6.07, 6.45) is -0.0480. The number of hydrogen-bond acceptors (Lipinski definition) is 4.